The summed E-state index contributed by atoms with van der Waals surface area (Å²) in [5.74, 6) is 0.161. The van der Waals surface area contributed by atoms with E-state index in [4.69, 9.17) is 4.74 Å². The molecular weight excluding hydrogens is 462 g/mol. The largest absolute Gasteiger partial charge is 0.490 e. The zero-order valence-electron chi connectivity index (χ0n) is 14.2. The first-order valence-corrected chi connectivity index (χ1v) is 8.69. The third-order valence-electron chi connectivity index (χ3n) is 3.86. The molecule has 148 valence electrons. The van der Waals surface area contributed by atoms with Crippen LogP contribution in [0.5, 0.6) is 5.75 Å². The number of ether oxygens (including phenoxy) is 1. The summed E-state index contributed by atoms with van der Waals surface area (Å²) in [5, 5.41) is 5.87. The number of rotatable bonds is 4. The topological polar surface area (TPSA) is 66.5 Å². The molecule has 1 aromatic heterocycles. The highest BCUT2D eigenvalue weighted by Gasteiger charge is 2.27. The lowest BCUT2D eigenvalue weighted by Crippen LogP contribution is -2.57. The molecule has 2 aromatic rings. The summed E-state index contributed by atoms with van der Waals surface area (Å²) in [6, 6.07) is 7.62. The van der Waals surface area contributed by atoms with Gasteiger partial charge in [0.1, 0.15) is 18.2 Å². The van der Waals surface area contributed by atoms with Gasteiger partial charge in [0, 0.05) is 30.3 Å². The maximum Gasteiger partial charge on any atom is 0.322 e. The minimum Gasteiger partial charge on any atom is -0.490 e. The fraction of sp³-hybridized carbons (Fsp3) is 0.294. The lowest BCUT2D eigenvalue weighted by Gasteiger charge is -2.35. The van der Waals surface area contributed by atoms with Crippen molar-refractivity contribution in [1.29, 1.82) is 0 Å². The van der Waals surface area contributed by atoms with Gasteiger partial charge in [0.05, 0.1) is 17.9 Å². The number of pyridine rings is 1. The standard InChI is InChI=1S/C17H18BrFN4O2.2ClH/c18-12-3-4-16(15(19)8-12)22-17(24)23-7-6-21-9-13(23)11-25-14-2-1-5-20-10-14;;/h1-5,8,10,13,21H,6-7,9,11H2,(H,22,24);2*1H. The average molecular weight is 482 g/mol. The molecule has 2 N–H and O–H groups in total. The van der Waals surface area contributed by atoms with E-state index in [2.05, 4.69) is 31.5 Å². The van der Waals surface area contributed by atoms with Crippen LogP contribution in [0.4, 0.5) is 14.9 Å². The van der Waals surface area contributed by atoms with Crippen molar-refractivity contribution in [2.75, 3.05) is 31.6 Å². The number of piperazine rings is 1. The minimum atomic E-state index is -0.485. The number of anilines is 1. The number of carbonyl (C=O) groups is 1. The molecule has 1 aliphatic heterocycles. The number of nitrogens with zero attached hydrogens (tertiary/aromatic N) is 2. The fourth-order valence-electron chi connectivity index (χ4n) is 2.58. The van der Waals surface area contributed by atoms with Crippen molar-refractivity contribution in [3.8, 4) is 5.75 Å². The smallest absolute Gasteiger partial charge is 0.322 e. The first-order valence-electron chi connectivity index (χ1n) is 7.89. The van der Waals surface area contributed by atoms with Crippen LogP contribution in [0.3, 0.4) is 0 Å². The molecule has 1 atom stereocenters. The molecule has 1 fully saturated rings. The van der Waals surface area contributed by atoms with Gasteiger partial charge in [0.25, 0.3) is 0 Å². The second kappa shape index (κ2) is 11.3. The van der Waals surface area contributed by atoms with E-state index >= 15 is 0 Å². The van der Waals surface area contributed by atoms with E-state index in [1.807, 2.05) is 6.07 Å². The van der Waals surface area contributed by atoms with Crippen LogP contribution in [0.1, 0.15) is 0 Å². The molecule has 0 spiro atoms. The van der Waals surface area contributed by atoms with Gasteiger partial charge in [-0.3, -0.25) is 4.98 Å². The molecule has 3 rings (SSSR count). The van der Waals surface area contributed by atoms with Gasteiger partial charge in [-0.2, -0.15) is 0 Å². The SMILES string of the molecule is Cl.Cl.O=C(Nc1ccc(Br)cc1F)N1CCNCC1COc1cccnc1. The highest BCUT2D eigenvalue weighted by Crippen LogP contribution is 2.20. The van der Waals surface area contributed by atoms with Crippen LogP contribution in [0.2, 0.25) is 0 Å². The van der Waals surface area contributed by atoms with Crippen LogP contribution < -0.4 is 15.4 Å². The van der Waals surface area contributed by atoms with Gasteiger partial charge in [0.2, 0.25) is 0 Å². The number of amides is 2. The molecule has 2 heterocycles. The molecule has 0 bridgehead atoms. The van der Waals surface area contributed by atoms with E-state index < -0.39 is 5.82 Å². The summed E-state index contributed by atoms with van der Waals surface area (Å²) >= 11 is 3.20. The predicted octanol–water partition coefficient (Wildman–Crippen LogP) is 3.71. The Labute approximate surface area is 177 Å². The normalized spacial score (nSPS) is 15.9. The summed E-state index contributed by atoms with van der Waals surface area (Å²) < 4.78 is 20.3. The molecule has 1 unspecified atom stereocenters. The summed E-state index contributed by atoms with van der Waals surface area (Å²) in [4.78, 5) is 18.2. The highest BCUT2D eigenvalue weighted by atomic mass is 79.9. The Morgan fingerprint density at radius 3 is 2.93 bits per heavy atom. The van der Waals surface area contributed by atoms with Crippen LogP contribution >= 0.6 is 40.7 Å². The van der Waals surface area contributed by atoms with E-state index in [1.54, 1.807) is 29.4 Å². The number of hydrogen-bond acceptors (Lipinski definition) is 4. The highest BCUT2D eigenvalue weighted by molar-refractivity contribution is 9.10. The molecule has 6 nitrogen and oxygen atoms in total. The van der Waals surface area contributed by atoms with Crippen LogP contribution in [-0.4, -0.2) is 48.2 Å². The molecule has 1 saturated heterocycles. The number of aromatic nitrogens is 1. The maximum atomic E-state index is 13.9. The minimum absolute atomic E-state index is 0. The van der Waals surface area contributed by atoms with Crippen LogP contribution in [0.25, 0.3) is 0 Å². The van der Waals surface area contributed by atoms with Gasteiger partial charge < -0.3 is 20.3 Å². The van der Waals surface area contributed by atoms with Gasteiger partial charge in [-0.25, -0.2) is 9.18 Å². The van der Waals surface area contributed by atoms with Crippen molar-refractivity contribution in [2.24, 2.45) is 0 Å². The second-order valence-corrected chi connectivity index (χ2v) is 6.52. The first-order chi connectivity index (χ1) is 12.1. The Kier molecular flexibility index (Phi) is 9.79. The molecule has 2 amide bonds. The van der Waals surface area contributed by atoms with Crippen LogP contribution in [0.15, 0.2) is 47.2 Å². The van der Waals surface area contributed by atoms with E-state index in [0.29, 0.717) is 36.5 Å². The van der Waals surface area contributed by atoms with Crippen molar-refractivity contribution in [3.63, 3.8) is 0 Å². The molecular formula is C17H20BrCl2FN4O2. The Morgan fingerprint density at radius 2 is 2.22 bits per heavy atom. The third kappa shape index (κ3) is 6.49. The zero-order chi connectivity index (χ0) is 17.6. The van der Waals surface area contributed by atoms with Crippen molar-refractivity contribution in [1.82, 2.24) is 15.2 Å². The molecule has 0 saturated carbocycles. The monoisotopic (exact) mass is 480 g/mol. The van der Waals surface area contributed by atoms with Gasteiger partial charge in [0.15, 0.2) is 0 Å². The Balaban J connectivity index is 0.00000182. The number of hydrogen-bond donors (Lipinski definition) is 2. The first kappa shape index (κ1) is 23.4. The lowest BCUT2D eigenvalue weighted by atomic mass is 10.2. The summed E-state index contributed by atoms with van der Waals surface area (Å²) in [6.45, 7) is 2.14. The van der Waals surface area contributed by atoms with E-state index in [1.165, 1.54) is 12.1 Å². The molecule has 0 aliphatic carbocycles. The van der Waals surface area contributed by atoms with E-state index in [9.17, 15) is 9.18 Å². The summed E-state index contributed by atoms with van der Waals surface area (Å²) in [5.41, 5.74) is 0.152. The quantitative estimate of drug-likeness (QED) is 0.698. The summed E-state index contributed by atoms with van der Waals surface area (Å²) in [6.07, 6.45) is 3.29. The molecule has 10 heteroatoms. The van der Waals surface area contributed by atoms with E-state index in [0.717, 1.165) is 0 Å². The molecule has 1 aliphatic rings. The third-order valence-corrected chi connectivity index (χ3v) is 4.35. The van der Waals surface area contributed by atoms with Crippen molar-refractivity contribution < 1.29 is 13.9 Å². The number of carbonyl (C=O) groups excluding carboxylic acids is 1. The van der Waals surface area contributed by atoms with Crippen LogP contribution in [0, 0.1) is 5.82 Å². The maximum absolute atomic E-state index is 13.9. The lowest BCUT2D eigenvalue weighted by molar-refractivity contribution is 0.132. The van der Waals surface area contributed by atoms with Crippen molar-refractivity contribution in [3.05, 3.63) is 53.0 Å². The Bertz CT molecular complexity index is 742. The predicted molar refractivity (Wildman–Crippen MR) is 111 cm³/mol. The molecule has 1 aromatic carbocycles. The van der Waals surface area contributed by atoms with Crippen molar-refractivity contribution in [2.45, 2.75) is 6.04 Å². The van der Waals surface area contributed by atoms with E-state index in [-0.39, 0.29) is 42.6 Å². The number of urea groups is 1. The average Bonchev–Trinajstić information content (AvgIpc) is 2.63. The summed E-state index contributed by atoms with van der Waals surface area (Å²) in [7, 11) is 0. The number of benzene rings is 1. The Morgan fingerprint density at radius 1 is 1.41 bits per heavy atom. The van der Waals surface area contributed by atoms with Gasteiger partial charge in [-0.05, 0) is 30.3 Å². The van der Waals surface area contributed by atoms with Crippen molar-refractivity contribution >= 4 is 52.5 Å². The van der Waals surface area contributed by atoms with Gasteiger partial charge >= 0.3 is 6.03 Å². The number of halogens is 4. The van der Waals surface area contributed by atoms with Gasteiger partial charge in [-0.1, -0.05) is 15.9 Å². The fourth-order valence-corrected chi connectivity index (χ4v) is 2.91. The molecule has 0 radical (unpaired) electrons. The van der Waals surface area contributed by atoms with Crippen LogP contribution in [-0.2, 0) is 0 Å². The molecule has 27 heavy (non-hydrogen) atoms. The second-order valence-electron chi connectivity index (χ2n) is 5.61. The van der Waals surface area contributed by atoms with Gasteiger partial charge in [-0.15, -0.1) is 24.8 Å². The zero-order valence-corrected chi connectivity index (χ0v) is 17.4. The Hall–Kier alpha value is -1.61. The number of nitrogens with one attached hydrogen (secondary N) is 2.